The second kappa shape index (κ2) is 10.8. The zero-order valence-corrected chi connectivity index (χ0v) is 21.6. The summed E-state index contributed by atoms with van der Waals surface area (Å²) >= 11 is 0. The van der Waals surface area contributed by atoms with Gasteiger partial charge in [-0.15, -0.1) is 0 Å². The Morgan fingerprint density at radius 1 is 0.947 bits per heavy atom. The normalized spacial score (nSPS) is 11.9. The fourth-order valence-electron chi connectivity index (χ4n) is 4.59. The number of aliphatic imine (C=N–C) groups is 1. The van der Waals surface area contributed by atoms with E-state index >= 15 is 0 Å². The van der Waals surface area contributed by atoms with Crippen molar-refractivity contribution >= 4 is 39.0 Å². The molecule has 5 rings (SSSR count). The largest absolute Gasteiger partial charge is 0.494 e. The summed E-state index contributed by atoms with van der Waals surface area (Å²) in [5.74, 6) is -0.483. The number of esters is 1. The average molecular weight is 508 g/mol. The number of aromatic nitrogens is 3. The smallest absolute Gasteiger partial charge is 0.337 e. The molecular weight excluding hydrogens is 478 g/mol. The first-order valence-electron chi connectivity index (χ1n) is 12.5. The average Bonchev–Trinajstić information content (AvgIpc) is 3.29. The van der Waals surface area contributed by atoms with Crippen molar-refractivity contribution in [1.29, 1.82) is 0 Å². The van der Waals surface area contributed by atoms with Crippen LogP contribution in [0.4, 0.5) is 5.69 Å². The number of rotatable bonds is 8. The van der Waals surface area contributed by atoms with Gasteiger partial charge < -0.3 is 14.8 Å². The Hall–Kier alpha value is -4.56. The summed E-state index contributed by atoms with van der Waals surface area (Å²) < 4.78 is 4.85. The molecule has 0 atom stereocenters. The van der Waals surface area contributed by atoms with Gasteiger partial charge in [0, 0.05) is 33.8 Å². The van der Waals surface area contributed by atoms with E-state index in [4.69, 9.17) is 9.73 Å². The summed E-state index contributed by atoms with van der Waals surface area (Å²) in [7, 11) is 1.34. The number of nitrogens with one attached hydrogen (secondary N) is 1. The topological polar surface area (TPSA) is 104 Å². The zero-order chi connectivity index (χ0) is 26.6. The highest BCUT2D eigenvalue weighted by Crippen LogP contribution is 2.33. The standard InChI is InChI=1S/C30H29N5O3/c1-4-35(5-2)18-19-6-11-24(12-7-19)33-28(20-8-9-22-16-31-32-17-23(22)14-20)27-25-13-10-21(30(37)38-3)15-26(25)34-29(27)36/h6-17,34,36H,4-5,18H2,1-3H3. The molecule has 0 spiro atoms. The van der Waals surface area contributed by atoms with Crippen LogP contribution in [0.15, 0.2) is 78.0 Å². The van der Waals surface area contributed by atoms with Crippen molar-refractivity contribution in [2.75, 3.05) is 20.2 Å². The number of ether oxygens (including phenoxy) is 1. The van der Waals surface area contributed by atoms with Gasteiger partial charge in [-0.25, -0.2) is 9.79 Å². The number of aromatic amines is 1. The third-order valence-corrected chi connectivity index (χ3v) is 6.74. The number of aromatic hydroxyl groups is 1. The first-order valence-corrected chi connectivity index (χ1v) is 12.5. The monoisotopic (exact) mass is 507 g/mol. The van der Waals surface area contributed by atoms with Crippen LogP contribution < -0.4 is 0 Å². The molecule has 0 aliphatic carbocycles. The number of methoxy groups -OCH3 is 1. The summed E-state index contributed by atoms with van der Waals surface area (Å²) in [5.41, 5.74) is 4.92. The SMILES string of the molecule is CCN(CC)Cc1ccc(N=C(c2ccc3cnncc3c2)c2c(O)[nH]c3cc(C(=O)OC)ccc23)cc1. The molecule has 0 bridgehead atoms. The maximum atomic E-state index is 12.1. The van der Waals surface area contributed by atoms with E-state index < -0.39 is 5.97 Å². The van der Waals surface area contributed by atoms with E-state index in [1.165, 1.54) is 12.7 Å². The van der Waals surface area contributed by atoms with Crippen molar-refractivity contribution < 1.29 is 14.6 Å². The zero-order valence-electron chi connectivity index (χ0n) is 21.6. The van der Waals surface area contributed by atoms with Gasteiger partial charge in [0.2, 0.25) is 0 Å². The van der Waals surface area contributed by atoms with E-state index in [2.05, 4.69) is 46.1 Å². The molecule has 0 aliphatic heterocycles. The minimum absolute atomic E-state index is 0.0353. The van der Waals surface area contributed by atoms with Crippen LogP contribution in [-0.4, -0.2) is 57.1 Å². The molecule has 0 saturated carbocycles. The Balaban J connectivity index is 1.64. The third-order valence-electron chi connectivity index (χ3n) is 6.74. The summed E-state index contributed by atoms with van der Waals surface area (Å²) in [5, 5.41) is 21.6. The van der Waals surface area contributed by atoms with Crippen molar-refractivity contribution in [3.8, 4) is 5.88 Å². The second-order valence-corrected chi connectivity index (χ2v) is 9.02. The van der Waals surface area contributed by atoms with Gasteiger partial charge in [0.15, 0.2) is 5.88 Å². The first kappa shape index (κ1) is 25.1. The number of benzene rings is 3. The minimum atomic E-state index is -0.447. The predicted molar refractivity (Wildman–Crippen MR) is 149 cm³/mol. The molecule has 0 saturated heterocycles. The van der Waals surface area contributed by atoms with Crippen LogP contribution in [0.5, 0.6) is 5.88 Å². The minimum Gasteiger partial charge on any atom is -0.494 e. The molecule has 8 heteroatoms. The number of hydrogen-bond acceptors (Lipinski definition) is 7. The van der Waals surface area contributed by atoms with Crippen LogP contribution in [0.1, 0.15) is 40.9 Å². The van der Waals surface area contributed by atoms with Gasteiger partial charge in [-0.2, -0.15) is 10.2 Å². The van der Waals surface area contributed by atoms with Crippen molar-refractivity contribution in [2.45, 2.75) is 20.4 Å². The van der Waals surface area contributed by atoms with E-state index in [1.807, 2.05) is 30.3 Å². The van der Waals surface area contributed by atoms with Gasteiger partial charge in [-0.05, 0) is 49.0 Å². The Bertz CT molecular complexity index is 1640. The van der Waals surface area contributed by atoms with Crippen LogP contribution >= 0.6 is 0 Å². The lowest BCUT2D eigenvalue weighted by atomic mass is 9.98. The quantitative estimate of drug-likeness (QED) is 0.209. The van der Waals surface area contributed by atoms with Crippen molar-refractivity contribution in [3.63, 3.8) is 0 Å². The molecule has 0 unspecified atom stereocenters. The molecule has 8 nitrogen and oxygen atoms in total. The van der Waals surface area contributed by atoms with Crippen molar-refractivity contribution in [2.24, 2.45) is 4.99 Å². The molecular formula is C30H29N5O3. The summed E-state index contributed by atoms with van der Waals surface area (Å²) in [6, 6.07) is 19.2. The molecule has 0 radical (unpaired) electrons. The van der Waals surface area contributed by atoms with Gasteiger partial charge in [0.05, 0.1) is 42.0 Å². The molecule has 5 aromatic rings. The summed E-state index contributed by atoms with van der Waals surface area (Å²) in [6.07, 6.45) is 3.41. The molecule has 2 aromatic heterocycles. The molecule has 0 aliphatic rings. The fourth-order valence-corrected chi connectivity index (χ4v) is 4.59. The molecule has 0 amide bonds. The van der Waals surface area contributed by atoms with Gasteiger partial charge in [-0.1, -0.05) is 44.2 Å². The number of hydrogen-bond donors (Lipinski definition) is 2. The van der Waals surface area contributed by atoms with E-state index in [0.29, 0.717) is 22.4 Å². The fraction of sp³-hybridized carbons (Fsp3) is 0.200. The maximum Gasteiger partial charge on any atom is 0.337 e. The second-order valence-electron chi connectivity index (χ2n) is 9.02. The Morgan fingerprint density at radius 2 is 1.66 bits per heavy atom. The molecule has 2 N–H and O–H groups in total. The first-order chi connectivity index (χ1) is 18.5. The van der Waals surface area contributed by atoms with Gasteiger partial charge >= 0.3 is 5.97 Å². The van der Waals surface area contributed by atoms with Crippen LogP contribution in [0, 0.1) is 0 Å². The van der Waals surface area contributed by atoms with Gasteiger partial charge in [-0.3, -0.25) is 4.90 Å². The van der Waals surface area contributed by atoms with Crippen LogP contribution in [0.2, 0.25) is 0 Å². The molecule has 0 fully saturated rings. The van der Waals surface area contributed by atoms with E-state index in [1.54, 1.807) is 30.6 Å². The highest BCUT2D eigenvalue weighted by molar-refractivity contribution is 6.22. The lowest BCUT2D eigenvalue weighted by Gasteiger charge is -2.17. The summed E-state index contributed by atoms with van der Waals surface area (Å²) in [4.78, 5) is 22.4. The Labute approximate surface area is 220 Å². The molecule has 2 heterocycles. The van der Waals surface area contributed by atoms with E-state index in [9.17, 15) is 9.90 Å². The number of fused-ring (bicyclic) bond motifs is 2. The molecule has 3 aromatic carbocycles. The Morgan fingerprint density at radius 3 is 2.37 bits per heavy atom. The van der Waals surface area contributed by atoms with Crippen LogP contribution in [0.3, 0.4) is 0 Å². The Kier molecular flexibility index (Phi) is 7.15. The summed E-state index contributed by atoms with van der Waals surface area (Å²) in [6.45, 7) is 7.17. The maximum absolute atomic E-state index is 12.1. The van der Waals surface area contributed by atoms with Gasteiger partial charge in [0.25, 0.3) is 0 Å². The third kappa shape index (κ3) is 4.99. The lowest BCUT2D eigenvalue weighted by molar-refractivity contribution is 0.0601. The van der Waals surface area contributed by atoms with E-state index in [0.717, 1.165) is 47.0 Å². The van der Waals surface area contributed by atoms with Crippen LogP contribution in [-0.2, 0) is 11.3 Å². The number of nitrogens with zero attached hydrogens (tertiary/aromatic N) is 4. The van der Waals surface area contributed by atoms with Crippen LogP contribution in [0.25, 0.3) is 21.7 Å². The van der Waals surface area contributed by atoms with Crippen molar-refractivity contribution in [3.05, 3.63) is 95.3 Å². The predicted octanol–water partition coefficient (Wildman–Crippen LogP) is 5.61. The molecule has 192 valence electrons. The molecule has 38 heavy (non-hydrogen) atoms. The lowest BCUT2D eigenvalue weighted by Crippen LogP contribution is -2.21. The number of H-pyrrole nitrogens is 1. The number of carbonyl (C=O) groups is 1. The van der Waals surface area contributed by atoms with Gasteiger partial charge in [0.1, 0.15) is 0 Å². The van der Waals surface area contributed by atoms with E-state index in [-0.39, 0.29) is 5.88 Å². The number of carbonyl (C=O) groups excluding carboxylic acids is 1. The highest BCUT2D eigenvalue weighted by Gasteiger charge is 2.20. The van der Waals surface area contributed by atoms with Crippen molar-refractivity contribution in [1.82, 2.24) is 20.1 Å². The highest BCUT2D eigenvalue weighted by atomic mass is 16.5.